The molecule has 3 unspecified atom stereocenters. The van der Waals surface area contributed by atoms with E-state index in [4.69, 9.17) is 0 Å². The Labute approximate surface area is 142 Å². The standard InChI is InChI=1S/C18H26N2O2S/c1-12-6-7-17-14(10-12)15(8-9-23-17)19-18(22)20(2)11-13-4-3-5-16(13)21/h6-7,10,13,15-16,21H,3-5,8-9,11H2,1-2H3,(H,19,22). The number of rotatable bonds is 3. The van der Waals surface area contributed by atoms with Crippen LogP contribution in [0.5, 0.6) is 0 Å². The van der Waals surface area contributed by atoms with Gasteiger partial charge in [0, 0.05) is 30.2 Å². The van der Waals surface area contributed by atoms with E-state index in [-0.39, 0.29) is 24.1 Å². The van der Waals surface area contributed by atoms with Crippen molar-refractivity contribution in [1.82, 2.24) is 10.2 Å². The van der Waals surface area contributed by atoms with Gasteiger partial charge < -0.3 is 15.3 Å². The summed E-state index contributed by atoms with van der Waals surface area (Å²) < 4.78 is 0. The number of carbonyl (C=O) groups excluding carboxylic acids is 1. The van der Waals surface area contributed by atoms with Crippen LogP contribution in [0.15, 0.2) is 23.1 Å². The van der Waals surface area contributed by atoms with Gasteiger partial charge in [0.2, 0.25) is 0 Å². The van der Waals surface area contributed by atoms with Crippen molar-refractivity contribution in [3.05, 3.63) is 29.3 Å². The number of benzene rings is 1. The Morgan fingerprint density at radius 3 is 2.96 bits per heavy atom. The molecular formula is C18H26N2O2S. The highest BCUT2D eigenvalue weighted by atomic mass is 32.2. The highest BCUT2D eigenvalue weighted by Crippen LogP contribution is 2.36. The molecule has 2 amide bonds. The van der Waals surface area contributed by atoms with Crippen molar-refractivity contribution in [2.45, 2.75) is 49.6 Å². The van der Waals surface area contributed by atoms with Crippen molar-refractivity contribution in [2.75, 3.05) is 19.3 Å². The number of nitrogens with zero attached hydrogens (tertiary/aromatic N) is 1. The number of aliphatic hydroxyl groups excluding tert-OH is 1. The van der Waals surface area contributed by atoms with Crippen LogP contribution in [-0.4, -0.2) is 41.5 Å². The van der Waals surface area contributed by atoms with Gasteiger partial charge in [0.05, 0.1) is 12.1 Å². The second kappa shape index (κ2) is 7.14. The first-order valence-electron chi connectivity index (χ1n) is 8.47. The Morgan fingerprint density at radius 2 is 2.22 bits per heavy atom. The quantitative estimate of drug-likeness (QED) is 0.891. The molecule has 0 aromatic heterocycles. The second-order valence-electron chi connectivity index (χ2n) is 6.82. The Hall–Kier alpha value is -1.20. The Balaban J connectivity index is 1.63. The molecule has 0 saturated heterocycles. The molecule has 1 aliphatic carbocycles. The number of hydrogen-bond acceptors (Lipinski definition) is 3. The van der Waals surface area contributed by atoms with Crippen molar-refractivity contribution < 1.29 is 9.90 Å². The molecule has 5 heteroatoms. The third kappa shape index (κ3) is 3.83. The number of fused-ring (bicyclic) bond motifs is 1. The predicted octanol–water partition coefficient (Wildman–Crippen LogP) is 3.33. The minimum Gasteiger partial charge on any atom is -0.393 e. The van der Waals surface area contributed by atoms with Gasteiger partial charge in [0.1, 0.15) is 0 Å². The first-order chi connectivity index (χ1) is 11.0. The van der Waals surface area contributed by atoms with E-state index in [9.17, 15) is 9.90 Å². The Morgan fingerprint density at radius 1 is 1.39 bits per heavy atom. The van der Waals surface area contributed by atoms with Crippen LogP contribution >= 0.6 is 11.8 Å². The molecule has 3 atom stereocenters. The van der Waals surface area contributed by atoms with Crippen molar-refractivity contribution in [3.8, 4) is 0 Å². The van der Waals surface area contributed by atoms with Gasteiger partial charge in [-0.05, 0) is 37.8 Å². The molecule has 23 heavy (non-hydrogen) atoms. The van der Waals surface area contributed by atoms with E-state index in [1.54, 1.807) is 4.90 Å². The summed E-state index contributed by atoms with van der Waals surface area (Å²) in [6.07, 6.45) is 3.66. The first kappa shape index (κ1) is 16.7. The number of amides is 2. The molecule has 1 aliphatic heterocycles. The lowest BCUT2D eigenvalue weighted by Gasteiger charge is -2.30. The lowest BCUT2D eigenvalue weighted by atomic mass is 10.0. The summed E-state index contributed by atoms with van der Waals surface area (Å²) in [7, 11) is 1.83. The third-order valence-corrected chi connectivity index (χ3v) is 6.10. The van der Waals surface area contributed by atoms with Crippen LogP contribution in [0.1, 0.15) is 42.9 Å². The Bertz CT molecular complexity index is 578. The molecule has 0 spiro atoms. The molecule has 0 radical (unpaired) electrons. The Kier molecular flexibility index (Phi) is 5.17. The van der Waals surface area contributed by atoms with Gasteiger partial charge in [-0.2, -0.15) is 0 Å². The van der Waals surface area contributed by atoms with Crippen LogP contribution in [0.4, 0.5) is 4.79 Å². The van der Waals surface area contributed by atoms with Gasteiger partial charge >= 0.3 is 6.03 Å². The van der Waals surface area contributed by atoms with Crippen molar-refractivity contribution in [3.63, 3.8) is 0 Å². The zero-order valence-corrected chi connectivity index (χ0v) is 14.7. The van der Waals surface area contributed by atoms with E-state index < -0.39 is 0 Å². The summed E-state index contributed by atoms with van der Waals surface area (Å²) in [5.74, 6) is 1.26. The molecule has 2 N–H and O–H groups in total. The highest BCUT2D eigenvalue weighted by Gasteiger charge is 2.29. The normalized spacial score (nSPS) is 26.7. The maximum Gasteiger partial charge on any atom is 0.317 e. The average molecular weight is 334 g/mol. The number of aryl methyl sites for hydroxylation is 1. The number of thioether (sulfide) groups is 1. The van der Waals surface area contributed by atoms with Crippen LogP contribution in [0.3, 0.4) is 0 Å². The fraction of sp³-hybridized carbons (Fsp3) is 0.611. The van der Waals surface area contributed by atoms with Crippen LogP contribution < -0.4 is 5.32 Å². The highest BCUT2D eigenvalue weighted by molar-refractivity contribution is 7.99. The smallest absolute Gasteiger partial charge is 0.317 e. The van der Waals surface area contributed by atoms with Gasteiger partial charge in [0.15, 0.2) is 0 Å². The van der Waals surface area contributed by atoms with Crippen molar-refractivity contribution in [1.29, 1.82) is 0 Å². The fourth-order valence-corrected chi connectivity index (χ4v) is 4.69. The van der Waals surface area contributed by atoms with E-state index in [0.29, 0.717) is 6.54 Å². The van der Waals surface area contributed by atoms with Crippen molar-refractivity contribution >= 4 is 17.8 Å². The monoisotopic (exact) mass is 334 g/mol. The molecular weight excluding hydrogens is 308 g/mol. The molecule has 4 nitrogen and oxygen atoms in total. The SMILES string of the molecule is Cc1ccc2c(c1)C(NC(=O)N(C)CC1CCCC1O)CCS2. The van der Waals surface area contributed by atoms with Gasteiger partial charge in [-0.25, -0.2) is 4.79 Å². The number of nitrogens with one attached hydrogen (secondary N) is 1. The minimum absolute atomic E-state index is 0.0338. The molecule has 1 aromatic rings. The first-order valence-corrected chi connectivity index (χ1v) is 9.46. The molecule has 3 rings (SSSR count). The van der Waals surface area contributed by atoms with Crippen LogP contribution in [0, 0.1) is 12.8 Å². The van der Waals surface area contributed by atoms with Gasteiger partial charge in [0.25, 0.3) is 0 Å². The minimum atomic E-state index is -0.250. The molecule has 1 aromatic carbocycles. The zero-order chi connectivity index (χ0) is 16.4. The van der Waals surface area contributed by atoms with Crippen molar-refractivity contribution in [2.24, 2.45) is 5.92 Å². The molecule has 126 valence electrons. The summed E-state index contributed by atoms with van der Waals surface area (Å²) in [4.78, 5) is 15.5. The topological polar surface area (TPSA) is 52.6 Å². The number of urea groups is 1. The number of aliphatic hydroxyl groups is 1. The van der Waals surface area contributed by atoms with Crippen LogP contribution in [0.25, 0.3) is 0 Å². The summed E-state index contributed by atoms with van der Waals surface area (Å²) in [5.41, 5.74) is 2.47. The van der Waals surface area contributed by atoms with E-state index in [1.807, 2.05) is 18.8 Å². The number of carbonyl (C=O) groups is 1. The van der Waals surface area contributed by atoms with Gasteiger partial charge in [-0.3, -0.25) is 0 Å². The van der Waals surface area contributed by atoms with Gasteiger partial charge in [-0.15, -0.1) is 11.8 Å². The maximum atomic E-state index is 12.5. The maximum absolute atomic E-state index is 12.5. The van der Waals surface area contributed by atoms with E-state index >= 15 is 0 Å². The molecule has 1 fully saturated rings. The number of hydrogen-bond donors (Lipinski definition) is 2. The molecule has 1 saturated carbocycles. The summed E-state index contributed by atoms with van der Waals surface area (Å²) in [5, 5.41) is 13.1. The summed E-state index contributed by atoms with van der Waals surface area (Å²) in [6.45, 7) is 2.72. The molecule has 2 aliphatic rings. The summed E-state index contributed by atoms with van der Waals surface area (Å²) in [6, 6.07) is 6.53. The van der Waals surface area contributed by atoms with E-state index in [1.165, 1.54) is 16.0 Å². The van der Waals surface area contributed by atoms with Crippen LogP contribution in [-0.2, 0) is 0 Å². The average Bonchev–Trinajstić information content (AvgIpc) is 2.93. The molecule has 1 heterocycles. The third-order valence-electron chi connectivity index (χ3n) is 4.98. The van der Waals surface area contributed by atoms with Crippen LogP contribution in [0.2, 0.25) is 0 Å². The lowest BCUT2D eigenvalue weighted by Crippen LogP contribution is -2.43. The largest absolute Gasteiger partial charge is 0.393 e. The second-order valence-corrected chi connectivity index (χ2v) is 7.96. The lowest BCUT2D eigenvalue weighted by molar-refractivity contribution is 0.113. The zero-order valence-electron chi connectivity index (χ0n) is 13.9. The molecule has 0 bridgehead atoms. The predicted molar refractivity (Wildman–Crippen MR) is 93.8 cm³/mol. The fourth-order valence-electron chi connectivity index (χ4n) is 3.59. The summed E-state index contributed by atoms with van der Waals surface area (Å²) >= 11 is 1.87. The van der Waals surface area contributed by atoms with E-state index in [0.717, 1.165) is 31.4 Å². The van der Waals surface area contributed by atoms with E-state index in [2.05, 4.69) is 30.4 Å². The van der Waals surface area contributed by atoms with Gasteiger partial charge in [-0.1, -0.05) is 24.1 Å².